The molecule has 0 unspecified atom stereocenters. The van der Waals surface area contributed by atoms with Crippen molar-refractivity contribution in [2.75, 3.05) is 44.2 Å². The highest BCUT2D eigenvalue weighted by atomic mass is 16.5. The number of nitrogens with zero attached hydrogens (tertiary/aromatic N) is 4. The van der Waals surface area contributed by atoms with Gasteiger partial charge < -0.3 is 14.5 Å². The predicted molar refractivity (Wildman–Crippen MR) is 122 cm³/mol. The lowest BCUT2D eigenvalue weighted by Crippen LogP contribution is -3.15. The second-order valence-corrected chi connectivity index (χ2v) is 7.78. The fourth-order valence-corrected chi connectivity index (χ4v) is 4.04. The Morgan fingerprint density at radius 2 is 1.68 bits per heavy atom. The molecule has 0 spiro atoms. The van der Waals surface area contributed by atoms with Gasteiger partial charge in [0.15, 0.2) is 5.82 Å². The number of ether oxygens (including phenoxy) is 1. The third-order valence-electron chi connectivity index (χ3n) is 5.74. The minimum Gasteiger partial charge on any atom is -0.488 e. The van der Waals surface area contributed by atoms with E-state index in [1.165, 1.54) is 0 Å². The molecule has 6 nitrogen and oxygen atoms in total. The Balaban J connectivity index is 1.29. The summed E-state index contributed by atoms with van der Waals surface area (Å²) in [6.07, 6.45) is 3.59. The van der Waals surface area contributed by atoms with Crippen LogP contribution in [-0.4, -0.2) is 54.3 Å². The first-order valence-corrected chi connectivity index (χ1v) is 10.8. The zero-order valence-electron chi connectivity index (χ0n) is 17.4. The molecule has 31 heavy (non-hydrogen) atoms. The van der Waals surface area contributed by atoms with Crippen LogP contribution in [0, 0.1) is 0 Å². The molecule has 0 bridgehead atoms. The summed E-state index contributed by atoms with van der Waals surface area (Å²) in [7, 11) is 0. The van der Waals surface area contributed by atoms with Gasteiger partial charge in [0, 0.05) is 23.3 Å². The zero-order chi connectivity index (χ0) is 20.9. The highest BCUT2D eigenvalue weighted by Crippen LogP contribution is 2.27. The molecule has 1 N–H and O–H groups in total. The van der Waals surface area contributed by atoms with Crippen LogP contribution in [0.15, 0.2) is 79.1 Å². The number of pyridine rings is 1. The van der Waals surface area contributed by atoms with Gasteiger partial charge in [-0.2, -0.15) is 0 Å². The quantitative estimate of drug-likeness (QED) is 0.527. The van der Waals surface area contributed by atoms with E-state index in [-0.39, 0.29) is 0 Å². The van der Waals surface area contributed by atoms with Crippen LogP contribution in [0.3, 0.4) is 0 Å². The summed E-state index contributed by atoms with van der Waals surface area (Å²) in [4.78, 5) is 17.9. The second kappa shape index (κ2) is 9.10. The zero-order valence-corrected chi connectivity index (χ0v) is 17.4. The maximum atomic E-state index is 5.88. The Bertz CT molecular complexity index is 1130. The van der Waals surface area contributed by atoms with Gasteiger partial charge in [-0.05, 0) is 36.4 Å². The monoisotopic (exact) mass is 412 g/mol. The van der Waals surface area contributed by atoms with Gasteiger partial charge in [-0.25, -0.2) is 9.97 Å². The van der Waals surface area contributed by atoms with Gasteiger partial charge in [-0.3, -0.25) is 4.98 Å². The normalized spacial score (nSPS) is 14.6. The van der Waals surface area contributed by atoms with E-state index in [0.29, 0.717) is 0 Å². The topological polar surface area (TPSA) is 55.6 Å². The average molecular weight is 413 g/mol. The Morgan fingerprint density at radius 3 is 2.48 bits per heavy atom. The van der Waals surface area contributed by atoms with E-state index in [9.17, 15) is 0 Å². The molecule has 156 valence electrons. The predicted octanol–water partition coefficient (Wildman–Crippen LogP) is 2.48. The van der Waals surface area contributed by atoms with Gasteiger partial charge in [0.2, 0.25) is 0 Å². The van der Waals surface area contributed by atoms with E-state index in [0.717, 1.165) is 73.2 Å². The summed E-state index contributed by atoms with van der Waals surface area (Å²) in [5, 5.41) is 1.10. The fraction of sp³-hybridized carbons (Fsp3) is 0.240. The van der Waals surface area contributed by atoms with Crippen molar-refractivity contribution in [2.45, 2.75) is 0 Å². The number of para-hydroxylation sites is 2. The Morgan fingerprint density at radius 1 is 0.871 bits per heavy atom. The van der Waals surface area contributed by atoms with Crippen molar-refractivity contribution >= 4 is 16.7 Å². The van der Waals surface area contributed by atoms with E-state index < -0.39 is 0 Å². The van der Waals surface area contributed by atoms with Crippen LogP contribution in [0.2, 0.25) is 0 Å². The number of quaternary nitrogens is 1. The molecule has 1 fully saturated rings. The molecular formula is C25H26N5O+. The van der Waals surface area contributed by atoms with E-state index in [4.69, 9.17) is 14.7 Å². The molecule has 0 atom stereocenters. The number of hydrogen-bond donors (Lipinski definition) is 1. The van der Waals surface area contributed by atoms with Crippen molar-refractivity contribution in [1.29, 1.82) is 0 Å². The van der Waals surface area contributed by atoms with Crippen LogP contribution >= 0.6 is 0 Å². The summed E-state index contributed by atoms with van der Waals surface area (Å²) in [6, 6.07) is 22.2. The number of aromatic nitrogens is 3. The first-order valence-electron chi connectivity index (χ1n) is 10.8. The number of anilines is 1. The molecule has 2 aromatic heterocycles. The maximum absolute atomic E-state index is 5.88. The Hall–Kier alpha value is -3.51. The average Bonchev–Trinajstić information content (AvgIpc) is 2.85. The van der Waals surface area contributed by atoms with Crippen molar-refractivity contribution in [3.63, 3.8) is 0 Å². The van der Waals surface area contributed by atoms with Crippen molar-refractivity contribution in [2.24, 2.45) is 0 Å². The van der Waals surface area contributed by atoms with Gasteiger partial charge >= 0.3 is 0 Å². The van der Waals surface area contributed by atoms with Gasteiger partial charge in [0.1, 0.15) is 24.7 Å². The molecule has 5 rings (SSSR count). The van der Waals surface area contributed by atoms with E-state index in [2.05, 4.69) is 28.1 Å². The van der Waals surface area contributed by atoms with Crippen molar-refractivity contribution in [3.05, 3.63) is 79.1 Å². The molecule has 2 aromatic carbocycles. The van der Waals surface area contributed by atoms with Crippen molar-refractivity contribution in [3.8, 4) is 17.1 Å². The summed E-state index contributed by atoms with van der Waals surface area (Å²) >= 11 is 0. The highest BCUT2D eigenvalue weighted by molar-refractivity contribution is 5.91. The second-order valence-electron chi connectivity index (χ2n) is 7.78. The van der Waals surface area contributed by atoms with E-state index in [1.54, 1.807) is 11.1 Å². The molecule has 0 saturated carbocycles. The van der Waals surface area contributed by atoms with E-state index in [1.807, 2.05) is 54.7 Å². The Labute approximate surface area is 182 Å². The number of fused-ring (bicyclic) bond motifs is 1. The minimum atomic E-state index is 0.729. The van der Waals surface area contributed by atoms with Crippen LogP contribution in [0.25, 0.3) is 22.3 Å². The molecule has 1 aliphatic rings. The van der Waals surface area contributed by atoms with Crippen LogP contribution < -0.4 is 14.5 Å². The van der Waals surface area contributed by atoms with E-state index >= 15 is 0 Å². The lowest BCUT2D eigenvalue weighted by Gasteiger charge is -2.33. The molecule has 0 amide bonds. The number of piperazine rings is 1. The Kier molecular flexibility index (Phi) is 5.71. The first kappa shape index (κ1) is 19.5. The van der Waals surface area contributed by atoms with Crippen LogP contribution in [0.1, 0.15) is 0 Å². The lowest BCUT2D eigenvalue weighted by molar-refractivity contribution is -0.900. The SMILES string of the molecule is c1ccc(OCC[NH+]2CCN(c3nc(-c4cccnc4)nc4ccccc34)CC2)cc1. The summed E-state index contributed by atoms with van der Waals surface area (Å²) in [6.45, 7) is 5.81. The molecule has 0 aliphatic carbocycles. The van der Waals surface area contributed by atoms with Crippen LogP contribution in [-0.2, 0) is 0 Å². The molecule has 1 saturated heterocycles. The fourth-order valence-electron chi connectivity index (χ4n) is 4.04. The first-order chi connectivity index (χ1) is 15.4. The largest absolute Gasteiger partial charge is 0.488 e. The maximum Gasteiger partial charge on any atom is 0.163 e. The number of benzene rings is 2. The van der Waals surface area contributed by atoms with Crippen molar-refractivity contribution < 1.29 is 9.64 Å². The standard InChI is InChI=1S/C25H25N5O/c1-2-8-21(9-3-1)31-18-17-29-13-15-30(16-14-29)25-22-10-4-5-11-23(22)27-24(28-25)20-7-6-12-26-19-20/h1-12,19H,13-18H2/p+1. The third-order valence-corrected chi connectivity index (χ3v) is 5.74. The number of nitrogens with one attached hydrogen (secondary N) is 1. The molecule has 4 aromatic rings. The van der Waals surface area contributed by atoms with Crippen LogP contribution in [0.4, 0.5) is 5.82 Å². The summed E-state index contributed by atoms with van der Waals surface area (Å²) in [5.74, 6) is 2.69. The molecule has 0 radical (unpaired) electrons. The number of hydrogen-bond acceptors (Lipinski definition) is 5. The van der Waals surface area contributed by atoms with Crippen molar-refractivity contribution in [1.82, 2.24) is 15.0 Å². The summed E-state index contributed by atoms with van der Waals surface area (Å²) < 4.78 is 5.88. The lowest BCUT2D eigenvalue weighted by atomic mass is 10.2. The minimum absolute atomic E-state index is 0.729. The van der Waals surface area contributed by atoms with Gasteiger partial charge in [0.05, 0.1) is 31.7 Å². The molecule has 6 heteroatoms. The highest BCUT2D eigenvalue weighted by Gasteiger charge is 2.23. The smallest absolute Gasteiger partial charge is 0.163 e. The summed E-state index contributed by atoms with van der Waals surface area (Å²) in [5.41, 5.74) is 1.91. The van der Waals surface area contributed by atoms with Crippen LogP contribution in [0.5, 0.6) is 5.75 Å². The molecular weight excluding hydrogens is 386 g/mol. The van der Waals surface area contributed by atoms with Gasteiger partial charge in [-0.15, -0.1) is 0 Å². The number of rotatable bonds is 6. The third kappa shape index (κ3) is 4.49. The molecule has 3 heterocycles. The van der Waals surface area contributed by atoms with Gasteiger partial charge in [0.25, 0.3) is 0 Å². The molecule has 1 aliphatic heterocycles. The van der Waals surface area contributed by atoms with Gasteiger partial charge in [-0.1, -0.05) is 30.3 Å².